The lowest BCUT2D eigenvalue weighted by Gasteiger charge is -2.35. The second-order valence-electron chi connectivity index (χ2n) is 4.43. The highest BCUT2D eigenvalue weighted by Crippen LogP contribution is 2.14. The Balaban J connectivity index is 0.00000121. The van der Waals surface area contributed by atoms with Gasteiger partial charge in [-0.1, -0.05) is 43.7 Å². The third-order valence-electron chi connectivity index (χ3n) is 3.65. The van der Waals surface area contributed by atoms with E-state index in [4.69, 9.17) is 0 Å². The van der Waals surface area contributed by atoms with Gasteiger partial charge in [-0.05, 0) is 27.7 Å². The van der Waals surface area contributed by atoms with E-state index in [1.807, 2.05) is 13.8 Å². The Labute approximate surface area is 108 Å². The van der Waals surface area contributed by atoms with Gasteiger partial charge in [0.15, 0.2) is 0 Å². The maximum atomic E-state index is 2.29. The minimum atomic E-state index is 1.17. The Bertz CT molecular complexity index is 275. The molecule has 0 spiro atoms. The van der Waals surface area contributed by atoms with Crippen molar-refractivity contribution in [3.63, 3.8) is 0 Å². The van der Waals surface area contributed by atoms with E-state index in [9.17, 15) is 0 Å². The summed E-state index contributed by atoms with van der Waals surface area (Å²) in [6.45, 7) is 17.9. The number of hydrogen-bond acceptors (Lipinski definition) is 0. The molecule has 0 atom stereocenters. The molecule has 0 aromatic heterocycles. The van der Waals surface area contributed by atoms with Crippen LogP contribution in [-0.4, -0.2) is 24.1 Å². The van der Waals surface area contributed by atoms with Crippen molar-refractivity contribution in [1.82, 2.24) is 0 Å². The molecule has 1 aromatic rings. The summed E-state index contributed by atoms with van der Waals surface area (Å²) in [5, 5.41) is 0. The van der Waals surface area contributed by atoms with E-state index in [1.54, 1.807) is 0 Å². The summed E-state index contributed by atoms with van der Waals surface area (Å²) in [5.74, 6) is 0. The van der Waals surface area contributed by atoms with Gasteiger partial charge in [0.05, 0.1) is 19.6 Å². The van der Waals surface area contributed by atoms with Crippen molar-refractivity contribution in [3.05, 3.63) is 35.4 Å². The fourth-order valence-corrected chi connectivity index (χ4v) is 2.09. The molecule has 0 radical (unpaired) electrons. The van der Waals surface area contributed by atoms with Gasteiger partial charge in [-0.3, -0.25) is 0 Å². The van der Waals surface area contributed by atoms with Gasteiger partial charge in [-0.2, -0.15) is 0 Å². The minimum Gasteiger partial charge on any atom is -0.321 e. The van der Waals surface area contributed by atoms with E-state index in [2.05, 4.69) is 52.0 Å². The topological polar surface area (TPSA) is 0 Å². The zero-order valence-corrected chi connectivity index (χ0v) is 12.6. The first-order chi connectivity index (χ1) is 8.15. The molecule has 0 amide bonds. The average molecular weight is 236 g/mol. The molecule has 0 saturated heterocycles. The third kappa shape index (κ3) is 4.91. The Hall–Kier alpha value is -0.820. The average Bonchev–Trinajstić information content (AvgIpc) is 2.41. The minimum absolute atomic E-state index is 1.17. The second-order valence-corrected chi connectivity index (χ2v) is 4.43. The molecular formula is C16H30N+. The summed E-state index contributed by atoms with van der Waals surface area (Å²) in [4.78, 5) is 0. The van der Waals surface area contributed by atoms with Crippen LogP contribution in [0.5, 0.6) is 0 Å². The van der Waals surface area contributed by atoms with Crippen molar-refractivity contribution < 1.29 is 4.48 Å². The van der Waals surface area contributed by atoms with Crippen molar-refractivity contribution in [2.45, 2.75) is 48.1 Å². The number of hydrogen-bond donors (Lipinski definition) is 0. The van der Waals surface area contributed by atoms with Crippen LogP contribution in [0.2, 0.25) is 0 Å². The van der Waals surface area contributed by atoms with Crippen LogP contribution in [0.3, 0.4) is 0 Å². The molecule has 1 heteroatoms. The maximum absolute atomic E-state index is 2.29. The lowest BCUT2D eigenvalue weighted by Crippen LogP contribution is -2.46. The number of aryl methyl sites for hydroxylation is 1. The molecule has 0 saturated carbocycles. The Morgan fingerprint density at radius 1 is 0.824 bits per heavy atom. The Morgan fingerprint density at radius 2 is 1.24 bits per heavy atom. The second kappa shape index (κ2) is 8.30. The molecule has 0 unspecified atom stereocenters. The van der Waals surface area contributed by atoms with Gasteiger partial charge in [0, 0.05) is 5.56 Å². The summed E-state index contributed by atoms with van der Waals surface area (Å²) in [6, 6.07) is 8.96. The van der Waals surface area contributed by atoms with Crippen LogP contribution >= 0.6 is 0 Å². The van der Waals surface area contributed by atoms with Crippen LogP contribution in [-0.2, 0) is 6.54 Å². The molecule has 1 aromatic carbocycles. The molecule has 0 N–H and O–H groups in total. The highest BCUT2D eigenvalue weighted by atomic mass is 15.3. The first kappa shape index (κ1) is 16.2. The SMILES string of the molecule is CC.CC[N+](CC)(CC)Cc1ccc(C)cc1. The molecule has 0 bridgehead atoms. The predicted octanol–water partition coefficient (Wildman–Crippen LogP) is 4.40. The number of quaternary nitrogens is 1. The number of nitrogens with zero attached hydrogens (tertiary/aromatic N) is 1. The van der Waals surface area contributed by atoms with Crippen LogP contribution < -0.4 is 0 Å². The summed E-state index contributed by atoms with van der Waals surface area (Å²) < 4.78 is 1.20. The van der Waals surface area contributed by atoms with E-state index in [-0.39, 0.29) is 0 Å². The quantitative estimate of drug-likeness (QED) is 0.665. The smallest absolute Gasteiger partial charge is 0.104 e. The molecular weight excluding hydrogens is 206 g/mol. The molecule has 0 aliphatic rings. The summed E-state index contributed by atoms with van der Waals surface area (Å²) in [5.41, 5.74) is 2.81. The molecule has 1 rings (SSSR count). The largest absolute Gasteiger partial charge is 0.321 e. The third-order valence-corrected chi connectivity index (χ3v) is 3.65. The van der Waals surface area contributed by atoms with E-state index >= 15 is 0 Å². The fraction of sp³-hybridized carbons (Fsp3) is 0.625. The van der Waals surface area contributed by atoms with Gasteiger partial charge in [0.2, 0.25) is 0 Å². The molecule has 17 heavy (non-hydrogen) atoms. The molecule has 0 heterocycles. The van der Waals surface area contributed by atoms with Gasteiger partial charge in [0.25, 0.3) is 0 Å². The van der Waals surface area contributed by atoms with Gasteiger partial charge in [-0.25, -0.2) is 0 Å². The molecule has 0 aliphatic carbocycles. The van der Waals surface area contributed by atoms with E-state index < -0.39 is 0 Å². The van der Waals surface area contributed by atoms with Crippen molar-refractivity contribution >= 4 is 0 Å². The highest BCUT2D eigenvalue weighted by molar-refractivity contribution is 5.20. The van der Waals surface area contributed by atoms with Crippen molar-refractivity contribution in [3.8, 4) is 0 Å². The van der Waals surface area contributed by atoms with Crippen LogP contribution in [0.15, 0.2) is 24.3 Å². The predicted molar refractivity (Wildman–Crippen MR) is 78.1 cm³/mol. The number of benzene rings is 1. The molecule has 98 valence electrons. The van der Waals surface area contributed by atoms with Crippen molar-refractivity contribution in [2.24, 2.45) is 0 Å². The van der Waals surface area contributed by atoms with Crippen LogP contribution in [0.25, 0.3) is 0 Å². The maximum Gasteiger partial charge on any atom is 0.104 e. The highest BCUT2D eigenvalue weighted by Gasteiger charge is 2.20. The monoisotopic (exact) mass is 236 g/mol. The Kier molecular flexibility index (Phi) is 7.90. The van der Waals surface area contributed by atoms with Gasteiger partial charge >= 0.3 is 0 Å². The van der Waals surface area contributed by atoms with E-state index in [1.165, 1.54) is 41.8 Å². The first-order valence-corrected chi connectivity index (χ1v) is 7.06. The standard InChI is InChI=1S/C14H24N.C2H6/c1-5-15(6-2,7-3)12-14-10-8-13(4)9-11-14;1-2/h8-11H,5-7,12H2,1-4H3;1-2H3/q+1;. The van der Waals surface area contributed by atoms with Crippen LogP contribution in [0.4, 0.5) is 0 Å². The summed E-state index contributed by atoms with van der Waals surface area (Å²) in [7, 11) is 0. The van der Waals surface area contributed by atoms with Gasteiger partial charge in [0.1, 0.15) is 6.54 Å². The van der Waals surface area contributed by atoms with Crippen LogP contribution in [0.1, 0.15) is 45.7 Å². The molecule has 0 fully saturated rings. The lowest BCUT2D eigenvalue weighted by atomic mass is 10.1. The molecule has 0 aliphatic heterocycles. The Morgan fingerprint density at radius 3 is 1.59 bits per heavy atom. The zero-order valence-electron chi connectivity index (χ0n) is 12.6. The van der Waals surface area contributed by atoms with Gasteiger partial charge < -0.3 is 4.48 Å². The van der Waals surface area contributed by atoms with Crippen LogP contribution in [0, 0.1) is 6.92 Å². The normalized spacial score (nSPS) is 10.7. The molecule has 1 nitrogen and oxygen atoms in total. The van der Waals surface area contributed by atoms with Gasteiger partial charge in [-0.15, -0.1) is 0 Å². The number of rotatable bonds is 5. The van der Waals surface area contributed by atoms with E-state index in [0.717, 1.165) is 0 Å². The lowest BCUT2D eigenvalue weighted by molar-refractivity contribution is -0.936. The van der Waals surface area contributed by atoms with Crippen molar-refractivity contribution in [1.29, 1.82) is 0 Å². The van der Waals surface area contributed by atoms with Crippen molar-refractivity contribution in [2.75, 3.05) is 19.6 Å². The summed E-state index contributed by atoms with van der Waals surface area (Å²) in [6.07, 6.45) is 0. The summed E-state index contributed by atoms with van der Waals surface area (Å²) >= 11 is 0. The fourth-order valence-electron chi connectivity index (χ4n) is 2.09. The first-order valence-electron chi connectivity index (χ1n) is 7.06. The van der Waals surface area contributed by atoms with E-state index in [0.29, 0.717) is 0 Å². The zero-order chi connectivity index (χ0) is 13.3.